The Hall–Kier alpha value is -0.560. The molecule has 0 aromatic rings. The van der Waals surface area contributed by atoms with Crippen LogP contribution in [0.15, 0.2) is 23.8 Å². The van der Waals surface area contributed by atoms with Crippen LogP contribution in [-0.2, 0) is 0 Å². The molecule has 2 radical (unpaired) electrons. The van der Waals surface area contributed by atoms with Crippen molar-refractivity contribution in [3.63, 3.8) is 0 Å². The van der Waals surface area contributed by atoms with Crippen molar-refractivity contribution in [2.24, 2.45) is 0 Å². The summed E-state index contributed by atoms with van der Waals surface area (Å²) in [4.78, 5) is 0. The molecule has 0 fully saturated rings. The normalized spacial score (nSPS) is 15.2. The first kappa shape index (κ1) is 12.4. The maximum Gasteiger partial charge on any atom is 0.0757 e. The maximum atomic E-state index is 9.53. The molecule has 0 bridgehead atoms. The van der Waals surface area contributed by atoms with Crippen molar-refractivity contribution >= 4 is 0 Å². The molecule has 0 spiro atoms. The van der Waals surface area contributed by atoms with Gasteiger partial charge in [-0.25, -0.2) is 0 Å². The first-order valence-corrected chi connectivity index (χ1v) is 4.85. The number of allylic oxidation sites excluding steroid dienone is 2. The van der Waals surface area contributed by atoms with E-state index in [4.69, 9.17) is 0 Å². The standard InChI is InChI=1S/C12H20O/c1-4-7-9-12(13)10-11(6-3)8-5-2/h7-9,12-13H,1-2,4-6,10H2,3H3/b9-7+,11-8+. The summed E-state index contributed by atoms with van der Waals surface area (Å²) in [6, 6.07) is 0. The summed E-state index contributed by atoms with van der Waals surface area (Å²) < 4.78 is 0. The molecular weight excluding hydrogens is 160 g/mol. The van der Waals surface area contributed by atoms with Crippen LogP contribution in [0.25, 0.3) is 0 Å². The van der Waals surface area contributed by atoms with Crippen molar-refractivity contribution < 1.29 is 5.11 Å². The third kappa shape index (κ3) is 6.59. The van der Waals surface area contributed by atoms with Crippen LogP contribution >= 0.6 is 0 Å². The lowest BCUT2D eigenvalue weighted by Gasteiger charge is -2.07. The molecule has 1 N–H and O–H groups in total. The van der Waals surface area contributed by atoms with E-state index in [9.17, 15) is 5.11 Å². The third-order valence-corrected chi connectivity index (χ3v) is 1.88. The summed E-state index contributed by atoms with van der Waals surface area (Å²) in [7, 11) is 0. The van der Waals surface area contributed by atoms with Gasteiger partial charge in [-0.3, -0.25) is 0 Å². The largest absolute Gasteiger partial charge is 0.389 e. The van der Waals surface area contributed by atoms with Crippen LogP contribution in [0.3, 0.4) is 0 Å². The van der Waals surface area contributed by atoms with Crippen LogP contribution in [0.1, 0.15) is 32.6 Å². The molecule has 0 saturated heterocycles. The molecule has 1 heteroatoms. The van der Waals surface area contributed by atoms with Crippen molar-refractivity contribution in [3.05, 3.63) is 37.6 Å². The SMILES string of the molecule is [CH2]C/C=C/C(O)C/C(=C/C[CH2])CC. The molecule has 0 aliphatic rings. The molecule has 0 heterocycles. The number of aliphatic hydroxyl groups excluding tert-OH is 1. The van der Waals surface area contributed by atoms with Crippen LogP contribution in [-0.4, -0.2) is 11.2 Å². The van der Waals surface area contributed by atoms with Gasteiger partial charge in [-0.15, -0.1) is 0 Å². The second kappa shape index (κ2) is 8.06. The summed E-state index contributed by atoms with van der Waals surface area (Å²) in [5.74, 6) is 0. The average molecular weight is 180 g/mol. The Kier molecular flexibility index (Phi) is 7.71. The number of aliphatic hydroxyl groups is 1. The maximum absolute atomic E-state index is 9.53. The summed E-state index contributed by atoms with van der Waals surface area (Å²) in [5.41, 5.74) is 1.27. The second-order valence-corrected chi connectivity index (χ2v) is 2.99. The zero-order valence-corrected chi connectivity index (χ0v) is 8.50. The monoisotopic (exact) mass is 180 g/mol. The molecule has 0 aromatic heterocycles. The minimum absolute atomic E-state index is 0.362. The van der Waals surface area contributed by atoms with Gasteiger partial charge in [0.2, 0.25) is 0 Å². The first-order valence-electron chi connectivity index (χ1n) is 4.85. The van der Waals surface area contributed by atoms with E-state index in [1.807, 2.05) is 6.08 Å². The fourth-order valence-corrected chi connectivity index (χ4v) is 1.17. The van der Waals surface area contributed by atoms with Gasteiger partial charge in [0, 0.05) is 0 Å². The van der Waals surface area contributed by atoms with E-state index in [1.165, 1.54) is 5.57 Å². The third-order valence-electron chi connectivity index (χ3n) is 1.88. The summed E-state index contributed by atoms with van der Waals surface area (Å²) in [6.45, 7) is 9.52. The minimum Gasteiger partial charge on any atom is -0.389 e. The lowest BCUT2D eigenvalue weighted by atomic mass is 10.0. The highest BCUT2D eigenvalue weighted by Crippen LogP contribution is 2.11. The summed E-state index contributed by atoms with van der Waals surface area (Å²) in [5, 5.41) is 9.53. The highest BCUT2D eigenvalue weighted by Gasteiger charge is 2.01. The molecule has 0 aliphatic carbocycles. The zero-order chi connectivity index (χ0) is 10.1. The molecule has 0 saturated carbocycles. The topological polar surface area (TPSA) is 20.2 Å². The van der Waals surface area contributed by atoms with Crippen LogP contribution in [0, 0.1) is 13.8 Å². The van der Waals surface area contributed by atoms with Gasteiger partial charge in [0.1, 0.15) is 0 Å². The number of hydrogen-bond donors (Lipinski definition) is 1. The Morgan fingerprint density at radius 2 is 2.08 bits per heavy atom. The molecule has 0 rings (SSSR count). The van der Waals surface area contributed by atoms with Crippen LogP contribution in [0.4, 0.5) is 0 Å². The van der Waals surface area contributed by atoms with Crippen molar-refractivity contribution in [2.45, 2.75) is 38.7 Å². The van der Waals surface area contributed by atoms with Gasteiger partial charge in [0.25, 0.3) is 0 Å². The van der Waals surface area contributed by atoms with Crippen LogP contribution in [0.2, 0.25) is 0 Å². The molecule has 74 valence electrons. The predicted molar refractivity (Wildman–Crippen MR) is 58.1 cm³/mol. The van der Waals surface area contributed by atoms with Crippen molar-refractivity contribution in [1.29, 1.82) is 0 Å². The van der Waals surface area contributed by atoms with Gasteiger partial charge in [0.15, 0.2) is 0 Å². The Labute approximate surface area is 82.2 Å². The van der Waals surface area contributed by atoms with E-state index in [2.05, 4.69) is 26.8 Å². The van der Waals surface area contributed by atoms with E-state index in [1.54, 1.807) is 6.08 Å². The Morgan fingerprint density at radius 3 is 2.54 bits per heavy atom. The molecule has 1 nitrogen and oxygen atoms in total. The van der Waals surface area contributed by atoms with Crippen molar-refractivity contribution in [2.75, 3.05) is 0 Å². The second-order valence-electron chi connectivity index (χ2n) is 2.99. The fraction of sp³-hybridized carbons (Fsp3) is 0.500. The molecule has 0 aliphatic heterocycles. The molecular formula is C12H20O. The van der Waals surface area contributed by atoms with Gasteiger partial charge in [0.05, 0.1) is 6.10 Å². The molecule has 0 amide bonds. The van der Waals surface area contributed by atoms with E-state index in [-0.39, 0.29) is 6.10 Å². The number of hydrogen-bond acceptors (Lipinski definition) is 1. The Bertz CT molecular complexity index is 168. The van der Waals surface area contributed by atoms with Crippen molar-refractivity contribution in [3.8, 4) is 0 Å². The van der Waals surface area contributed by atoms with Gasteiger partial charge in [-0.1, -0.05) is 30.7 Å². The lowest BCUT2D eigenvalue weighted by Crippen LogP contribution is -2.03. The van der Waals surface area contributed by atoms with Gasteiger partial charge in [-0.2, -0.15) is 0 Å². The smallest absolute Gasteiger partial charge is 0.0757 e. The lowest BCUT2D eigenvalue weighted by molar-refractivity contribution is 0.222. The van der Waals surface area contributed by atoms with Gasteiger partial charge >= 0.3 is 0 Å². The predicted octanol–water partition coefficient (Wildman–Crippen LogP) is 3.08. The van der Waals surface area contributed by atoms with Crippen molar-refractivity contribution in [1.82, 2.24) is 0 Å². The van der Waals surface area contributed by atoms with Gasteiger partial charge < -0.3 is 5.11 Å². The Morgan fingerprint density at radius 1 is 1.38 bits per heavy atom. The average Bonchev–Trinajstić information content (AvgIpc) is 2.14. The molecule has 1 atom stereocenters. The minimum atomic E-state index is -0.362. The first-order chi connectivity index (χ1) is 6.24. The molecule has 0 aromatic carbocycles. The Balaban J connectivity index is 3.93. The van der Waals surface area contributed by atoms with E-state index in [0.29, 0.717) is 0 Å². The number of rotatable bonds is 6. The molecule has 13 heavy (non-hydrogen) atoms. The quantitative estimate of drug-likeness (QED) is 0.623. The molecule has 1 unspecified atom stereocenters. The van der Waals surface area contributed by atoms with Gasteiger partial charge in [-0.05, 0) is 39.5 Å². The van der Waals surface area contributed by atoms with E-state index < -0.39 is 0 Å². The van der Waals surface area contributed by atoms with E-state index in [0.717, 1.165) is 25.7 Å². The zero-order valence-electron chi connectivity index (χ0n) is 8.50. The van der Waals surface area contributed by atoms with Crippen LogP contribution < -0.4 is 0 Å². The highest BCUT2D eigenvalue weighted by molar-refractivity contribution is 5.06. The summed E-state index contributed by atoms with van der Waals surface area (Å²) >= 11 is 0. The summed E-state index contributed by atoms with van der Waals surface area (Å²) in [6.07, 6.45) is 8.67. The fourth-order valence-electron chi connectivity index (χ4n) is 1.17. The highest BCUT2D eigenvalue weighted by atomic mass is 16.3. The van der Waals surface area contributed by atoms with E-state index >= 15 is 0 Å². The van der Waals surface area contributed by atoms with Crippen LogP contribution in [0.5, 0.6) is 0 Å².